The van der Waals surface area contributed by atoms with E-state index in [0.29, 0.717) is 45.5 Å². The van der Waals surface area contributed by atoms with E-state index in [4.69, 9.17) is 4.74 Å². The summed E-state index contributed by atoms with van der Waals surface area (Å²) < 4.78 is 28.2. The van der Waals surface area contributed by atoms with Crippen molar-refractivity contribution in [1.82, 2.24) is 4.90 Å². The second-order valence-electron chi connectivity index (χ2n) is 6.39. The van der Waals surface area contributed by atoms with Crippen LogP contribution in [0.1, 0.15) is 26.2 Å². The first-order valence-corrected chi connectivity index (χ1v) is 9.15. The molecule has 20 heavy (non-hydrogen) atoms. The lowest BCUT2D eigenvalue weighted by molar-refractivity contribution is -0.245. The van der Waals surface area contributed by atoms with Crippen LogP contribution in [0.5, 0.6) is 0 Å². The average molecular weight is 307 g/mol. The maximum Gasteiger partial charge on any atom is 0.148 e. The smallest absolute Gasteiger partial charge is 0.148 e. The summed E-state index contributed by atoms with van der Waals surface area (Å²) in [5, 5.41) is 20.6. The molecule has 0 aromatic carbocycles. The van der Waals surface area contributed by atoms with Crippen LogP contribution in [0.2, 0.25) is 0 Å². The summed E-state index contributed by atoms with van der Waals surface area (Å²) >= 11 is 0. The molecule has 2 atom stereocenters. The molecule has 0 amide bonds. The first kappa shape index (κ1) is 16.2. The first-order valence-electron chi connectivity index (χ1n) is 7.09. The molecule has 2 fully saturated rings. The molecular formula is C13H25NO5S. The third-order valence-electron chi connectivity index (χ3n) is 4.57. The topological polar surface area (TPSA) is 87.1 Å². The Morgan fingerprint density at radius 3 is 2.45 bits per heavy atom. The van der Waals surface area contributed by atoms with Crippen LogP contribution >= 0.6 is 0 Å². The van der Waals surface area contributed by atoms with Crippen molar-refractivity contribution in [2.75, 3.05) is 38.2 Å². The molecule has 0 aromatic rings. The van der Waals surface area contributed by atoms with E-state index in [1.165, 1.54) is 6.26 Å². The zero-order valence-corrected chi connectivity index (χ0v) is 13.0. The Morgan fingerprint density at radius 1 is 1.30 bits per heavy atom. The van der Waals surface area contributed by atoms with Crippen LogP contribution in [-0.2, 0) is 14.6 Å². The van der Waals surface area contributed by atoms with Crippen molar-refractivity contribution >= 4 is 9.84 Å². The van der Waals surface area contributed by atoms with Crippen LogP contribution in [-0.4, -0.2) is 79.1 Å². The van der Waals surface area contributed by atoms with Gasteiger partial charge in [0, 0.05) is 32.3 Å². The Labute approximate surface area is 120 Å². The van der Waals surface area contributed by atoms with Gasteiger partial charge in [-0.05, 0) is 19.8 Å². The van der Waals surface area contributed by atoms with Gasteiger partial charge in [0.2, 0.25) is 0 Å². The van der Waals surface area contributed by atoms with E-state index in [1.54, 1.807) is 6.92 Å². The summed E-state index contributed by atoms with van der Waals surface area (Å²) in [7, 11) is -2.95. The highest BCUT2D eigenvalue weighted by atomic mass is 32.2. The molecule has 0 bridgehead atoms. The molecule has 2 rings (SSSR count). The summed E-state index contributed by atoms with van der Waals surface area (Å²) in [6, 6.07) is 0. The van der Waals surface area contributed by atoms with Gasteiger partial charge >= 0.3 is 0 Å². The highest BCUT2D eigenvalue weighted by Gasteiger charge is 2.52. The van der Waals surface area contributed by atoms with Gasteiger partial charge in [0.05, 0.1) is 23.6 Å². The fourth-order valence-corrected chi connectivity index (χ4v) is 3.70. The Hall–Kier alpha value is -0.210. The van der Waals surface area contributed by atoms with Crippen LogP contribution < -0.4 is 0 Å². The number of rotatable bonds is 3. The van der Waals surface area contributed by atoms with Crippen LogP contribution in [0.3, 0.4) is 0 Å². The Bertz CT molecular complexity index is 440. The Kier molecular flexibility index (Phi) is 4.47. The predicted octanol–water partition coefficient (Wildman–Crippen LogP) is -0.602. The fourth-order valence-electron chi connectivity index (χ4n) is 3.11. The number of hydrogen-bond acceptors (Lipinski definition) is 6. The van der Waals surface area contributed by atoms with E-state index in [0.717, 1.165) is 0 Å². The van der Waals surface area contributed by atoms with Gasteiger partial charge in [-0.1, -0.05) is 0 Å². The van der Waals surface area contributed by atoms with Gasteiger partial charge in [0.25, 0.3) is 0 Å². The normalized spacial score (nSPS) is 35.3. The summed E-state index contributed by atoms with van der Waals surface area (Å²) in [4.78, 5) is 2.08. The largest absolute Gasteiger partial charge is 0.387 e. The predicted molar refractivity (Wildman–Crippen MR) is 75.3 cm³/mol. The van der Waals surface area contributed by atoms with E-state index >= 15 is 0 Å². The summed E-state index contributed by atoms with van der Waals surface area (Å²) in [5.41, 5.74) is -1.78. The summed E-state index contributed by atoms with van der Waals surface area (Å²) in [5.74, 6) is 0.154. The number of sulfone groups is 1. The molecule has 7 heteroatoms. The van der Waals surface area contributed by atoms with Gasteiger partial charge in [-0.3, -0.25) is 0 Å². The second-order valence-corrected chi connectivity index (χ2v) is 8.65. The van der Waals surface area contributed by atoms with Gasteiger partial charge in [0.1, 0.15) is 15.9 Å². The van der Waals surface area contributed by atoms with Crippen molar-refractivity contribution in [3.63, 3.8) is 0 Å². The van der Waals surface area contributed by atoms with Crippen molar-refractivity contribution in [3.8, 4) is 0 Å². The quantitative estimate of drug-likeness (QED) is 0.724. The average Bonchev–Trinajstić information content (AvgIpc) is 2.34. The van der Waals surface area contributed by atoms with Crippen molar-refractivity contribution in [1.29, 1.82) is 0 Å². The van der Waals surface area contributed by atoms with Gasteiger partial charge in [-0.2, -0.15) is 0 Å². The highest BCUT2D eigenvalue weighted by molar-refractivity contribution is 7.90. The number of nitrogens with zero attached hydrogens (tertiary/aromatic N) is 1. The minimum Gasteiger partial charge on any atom is -0.387 e. The van der Waals surface area contributed by atoms with Crippen molar-refractivity contribution in [2.24, 2.45) is 0 Å². The zero-order chi connectivity index (χ0) is 15.0. The summed E-state index contributed by atoms with van der Waals surface area (Å²) in [6.45, 7) is 3.98. The Balaban J connectivity index is 1.93. The zero-order valence-electron chi connectivity index (χ0n) is 12.2. The minimum absolute atomic E-state index is 0.154. The lowest BCUT2D eigenvalue weighted by Crippen LogP contribution is -2.64. The maximum atomic E-state index is 11.2. The molecule has 2 aliphatic rings. The van der Waals surface area contributed by atoms with E-state index < -0.39 is 27.1 Å². The van der Waals surface area contributed by atoms with Gasteiger partial charge < -0.3 is 19.8 Å². The molecule has 0 saturated carbocycles. The summed E-state index contributed by atoms with van der Waals surface area (Å²) in [6.07, 6.45) is 2.03. The number of aliphatic hydroxyl groups is 2. The molecule has 0 unspecified atom stereocenters. The molecule has 1 spiro atoms. The SMILES string of the molecule is C[C@@]1(O)CCOC2(CCN(CCS(C)(=O)=O)CC2)[C@H]1O. The molecule has 2 saturated heterocycles. The van der Waals surface area contributed by atoms with E-state index in [1.807, 2.05) is 0 Å². The van der Waals surface area contributed by atoms with Crippen LogP contribution in [0, 0.1) is 0 Å². The lowest BCUT2D eigenvalue weighted by Gasteiger charge is -2.51. The van der Waals surface area contributed by atoms with Crippen LogP contribution in [0.25, 0.3) is 0 Å². The van der Waals surface area contributed by atoms with Crippen molar-refractivity contribution in [2.45, 2.75) is 43.5 Å². The van der Waals surface area contributed by atoms with Gasteiger partial charge in [0.15, 0.2) is 0 Å². The fraction of sp³-hybridized carbons (Fsp3) is 1.00. The molecule has 2 aliphatic heterocycles. The maximum absolute atomic E-state index is 11.2. The van der Waals surface area contributed by atoms with Crippen LogP contribution in [0.4, 0.5) is 0 Å². The highest BCUT2D eigenvalue weighted by Crippen LogP contribution is 2.39. The second kappa shape index (κ2) is 5.53. The number of aliphatic hydroxyl groups excluding tert-OH is 1. The van der Waals surface area contributed by atoms with E-state index in [-0.39, 0.29) is 5.75 Å². The molecule has 0 radical (unpaired) electrons. The number of likely N-dealkylation sites (tertiary alicyclic amines) is 1. The van der Waals surface area contributed by atoms with Gasteiger partial charge in [-0.15, -0.1) is 0 Å². The molecule has 118 valence electrons. The molecule has 2 heterocycles. The molecule has 2 N–H and O–H groups in total. The monoisotopic (exact) mass is 307 g/mol. The third-order valence-corrected chi connectivity index (χ3v) is 5.49. The third kappa shape index (κ3) is 3.51. The lowest BCUT2D eigenvalue weighted by atomic mass is 9.75. The van der Waals surface area contributed by atoms with Crippen LogP contribution in [0.15, 0.2) is 0 Å². The van der Waals surface area contributed by atoms with Crippen molar-refractivity contribution < 1.29 is 23.4 Å². The standard InChI is InChI=1S/C13H25NO5S/c1-12(16)5-9-19-13(11(12)15)3-6-14(7-4-13)8-10-20(2,17)18/h11,15-16H,3-10H2,1-2H3/t11-,12+/m0/s1. The number of ether oxygens (including phenoxy) is 1. The molecule has 6 nitrogen and oxygen atoms in total. The Morgan fingerprint density at radius 2 is 1.90 bits per heavy atom. The van der Waals surface area contributed by atoms with E-state index in [9.17, 15) is 18.6 Å². The molecular weight excluding hydrogens is 282 g/mol. The van der Waals surface area contributed by atoms with Crippen molar-refractivity contribution in [3.05, 3.63) is 0 Å². The van der Waals surface area contributed by atoms with Gasteiger partial charge in [-0.25, -0.2) is 8.42 Å². The number of piperidine rings is 1. The van der Waals surface area contributed by atoms with E-state index in [2.05, 4.69) is 4.90 Å². The minimum atomic E-state index is -2.95. The first-order chi connectivity index (χ1) is 9.15. The number of hydrogen-bond donors (Lipinski definition) is 2. The molecule has 0 aromatic heterocycles. The molecule has 0 aliphatic carbocycles.